The van der Waals surface area contributed by atoms with Crippen molar-refractivity contribution in [2.24, 2.45) is 0 Å². The Kier molecular flexibility index (Phi) is 10.4. The van der Waals surface area contributed by atoms with Gasteiger partial charge < -0.3 is 29.9 Å². The molecule has 12 heteroatoms. The lowest BCUT2D eigenvalue weighted by Gasteiger charge is -2.36. The maximum Gasteiger partial charge on any atom is 0.409 e. The average Bonchev–Trinajstić information content (AvgIpc) is 2.94. The van der Waals surface area contributed by atoms with Crippen molar-refractivity contribution in [1.82, 2.24) is 25.1 Å². The molecule has 0 saturated carbocycles. The summed E-state index contributed by atoms with van der Waals surface area (Å²) in [5.74, 6) is -0.622. The first-order valence-electron chi connectivity index (χ1n) is 13.4. The van der Waals surface area contributed by atoms with Crippen LogP contribution in [0.5, 0.6) is 0 Å². The van der Waals surface area contributed by atoms with E-state index in [9.17, 15) is 19.2 Å². The van der Waals surface area contributed by atoms with Crippen molar-refractivity contribution in [1.29, 1.82) is 0 Å². The average molecular weight is 555 g/mol. The van der Waals surface area contributed by atoms with Crippen LogP contribution in [0.15, 0.2) is 36.4 Å². The summed E-state index contributed by atoms with van der Waals surface area (Å²) in [6, 6.07) is 9.71. The molecule has 1 unspecified atom stereocenters. The highest BCUT2D eigenvalue weighted by molar-refractivity contribution is 5.97. The second-order valence-corrected chi connectivity index (χ2v) is 10.2. The summed E-state index contributed by atoms with van der Waals surface area (Å²) in [4.78, 5) is 63.4. The van der Waals surface area contributed by atoms with E-state index < -0.39 is 29.6 Å². The van der Waals surface area contributed by atoms with Gasteiger partial charge in [0.2, 0.25) is 5.91 Å². The van der Waals surface area contributed by atoms with Gasteiger partial charge >= 0.3 is 12.1 Å². The topological polar surface area (TPSA) is 143 Å². The largest absolute Gasteiger partial charge is 0.460 e. The van der Waals surface area contributed by atoms with E-state index in [4.69, 9.17) is 9.47 Å². The molecule has 0 radical (unpaired) electrons. The number of amides is 3. The number of carbonyl (C=O) groups is 4. The molecule has 1 fully saturated rings. The second kappa shape index (κ2) is 13.7. The maximum absolute atomic E-state index is 13.6. The predicted octanol–water partition coefficient (Wildman–Crippen LogP) is 2.71. The predicted molar refractivity (Wildman–Crippen MR) is 149 cm³/mol. The highest BCUT2D eigenvalue weighted by Gasteiger charge is 2.32. The van der Waals surface area contributed by atoms with E-state index in [0.29, 0.717) is 24.7 Å². The third kappa shape index (κ3) is 8.65. The van der Waals surface area contributed by atoms with E-state index in [0.717, 1.165) is 5.56 Å². The minimum absolute atomic E-state index is 0.0348. The zero-order valence-corrected chi connectivity index (χ0v) is 23.7. The molecule has 1 aliphatic heterocycles. The molecule has 1 aromatic heterocycles. The lowest BCUT2D eigenvalue weighted by atomic mass is 10.1. The van der Waals surface area contributed by atoms with Gasteiger partial charge in [-0.3, -0.25) is 14.4 Å². The van der Waals surface area contributed by atoms with Crippen LogP contribution < -0.4 is 10.6 Å². The van der Waals surface area contributed by atoms with Crippen LogP contribution in [-0.4, -0.2) is 95.1 Å². The van der Waals surface area contributed by atoms with Gasteiger partial charge in [0.25, 0.3) is 5.91 Å². The maximum atomic E-state index is 13.6. The normalized spacial score (nSPS) is 14.2. The molecule has 0 spiro atoms. The van der Waals surface area contributed by atoms with E-state index in [-0.39, 0.29) is 44.1 Å². The van der Waals surface area contributed by atoms with Crippen molar-refractivity contribution in [3.63, 3.8) is 0 Å². The second-order valence-electron chi connectivity index (χ2n) is 10.2. The van der Waals surface area contributed by atoms with Crippen LogP contribution in [0.2, 0.25) is 0 Å². The summed E-state index contributed by atoms with van der Waals surface area (Å²) in [6.45, 7) is 8.42. The number of benzene rings is 1. The van der Waals surface area contributed by atoms with Crippen molar-refractivity contribution in [2.45, 2.75) is 52.2 Å². The first-order chi connectivity index (χ1) is 19.0. The lowest BCUT2D eigenvalue weighted by Crippen LogP contribution is -2.56. The summed E-state index contributed by atoms with van der Waals surface area (Å²) >= 11 is 0. The Morgan fingerprint density at radius 3 is 2.25 bits per heavy atom. The van der Waals surface area contributed by atoms with E-state index in [1.165, 1.54) is 11.0 Å². The fourth-order valence-electron chi connectivity index (χ4n) is 4.10. The van der Waals surface area contributed by atoms with Crippen LogP contribution in [0.4, 0.5) is 10.6 Å². The van der Waals surface area contributed by atoms with Gasteiger partial charge in [0, 0.05) is 51.3 Å². The molecule has 1 aromatic carbocycles. The van der Waals surface area contributed by atoms with Gasteiger partial charge in [-0.2, -0.15) is 0 Å². The fraction of sp³-hybridized carbons (Fsp3) is 0.500. The molecular weight excluding hydrogens is 516 g/mol. The van der Waals surface area contributed by atoms with Crippen LogP contribution in [0.25, 0.3) is 11.4 Å². The standard InChI is InChI=1S/C28H38N6O6/c1-6-39-27(38)34-16-14-33(15-17-34)26(37)20(12-13-23(35)40-28(2,3)4)31-25(36)21-18-22(29-5)32-24(30-21)19-10-8-7-9-11-19/h7-11,18,20H,6,12-17H2,1-5H3,(H,31,36)(H,29,30,32). The molecule has 0 bridgehead atoms. The molecule has 3 amide bonds. The number of hydrogen-bond acceptors (Lipinski definition) is 9. The van der Waals surface area contributed by atoms with E-state index in [1.54, 1.807) is 39.6 Å². The molecule has 2 aromatic rings. The molecule has 1 atom stereocenters. The van der Waals surface area contributed by atoms with Crippen LogP contribution in [0, 0.1) is 0 Å². The molecule has 0 aliphatic carbocycles. The first kappa shape index (κ1) is 30.3. The number of anilines is 1. The highest BCUT2D eigenvalue weighted by Crippen LogP contribution is 2.18. The van der Waals surface area contributed by atoms with Gasteiger partial charge in [0.15, 0.2) is 5.82 Å². The minimum atomic E-state index is -1.01. The fourth-order valence-corrected chi connectivity index (χ4v) is 4.10. The zero-order valence-electron chi connectivity index (χ0n) is 23.7. The number of nitrogens with zero attached hydrogens (tertiary/aromatic N) is 4. The number of hydrogen-bond donors (Lipinski definition) is 2. The van der Waals surface area contributed by atoms with Crippen LogP contribution in [0.1, 0.15) is 51.0 Å². The molecule has 3 rings (SSSR count). The lowest BCUT2D eigenvalue weighted by molar-refractivity contribution is -0.155. The Morgan fingerprint density at radius 2 is 1.65 bits per heavy atom. The molecule has 1 saturated heterocycles. The van der Waals surface area contributed by atoms with Crippen molar-refractivity contribution in [3.05, 3.63) is 42.1 Å². The summed E-state index contributed by atoms with van der Waals surface area (Å²) in [6.07, 6.45) is -0.465. The van der Waals surface area contributed by atoms with Crippen LogP contribution >= 0.6 is 0 Å². The molecule has 2 heterocycles. The molecule has 40 heavy (non-hydrogen) atoms. The number of nitrogens with one attached hydrogen (secondary N) is 2. The summed E-state index contributed by atoms with van der Waals surface area (Å²) in [7, 11) is 1.68. The first-order valence-corrected chi connectivity index (χ1v) is 13.4. The highest BCUT2D eigenvalue weighted by atomic mass is 16.6. The van der Waals surface area contributed by atoms with E-state index in [2.05, 4.69) is 20.6 Å². The van der Waals surface area contributed by atoms with Crippen molar-refractivity contribution in [2.75, 3.05) is 45.2 Å². The number of aromatic nitrogens is 2. The summed E-state index contributed by atoms with van der Waals surface area (Å²) in [5.41, 5.74) is 0.118. The van der Waals surface area contributed by atoms with Crippen molar-refractivity contribution < 1.29 is 28.7 Å². The molecule has 1 aliphatic rings. The van der Waals surface area contributed by atoms with Gasteiger partial charge in [0.1, 0.15) is 23.2 Å². The molecular formula is C28H38N6O6. The van der Waals surface area contributed by atoms with E-state index in [1.807, 2.05) is 30.3 Å². The van der Waals surface area contributed by atoms with Gasteiger partial charge in [-0.1, -0.05) is 30.3 Å². The Bertz CT molecular complexity index is 1190. The van der Waals surface area contributed by atoms with Crippen molar-refractivity contribution in [3.8, 4) is 11.4 Å². The number of carbonyl (C=O) groups excluding carboxylic acids is 4. The number of ether oxygens (including phenoxy) is 2. The van der Waals surface area contributed by atoms with Gasteiger partial charge in [-0.25, -0.2) is 14.8 Å². The monoisotopic (exact) mass is 554 g/mol. The zero-order chi connectivity index (χ0) is 29.3. The Hall–Kier alpha value is -4.22. The smallest absolute Gasteiger partial charge is 0.409 e. The third-order valence-corrected chi connectivity index (χ3v) is 6.02. The molecule has 2 N–H and O–H groups in total. The number of piperazine rings is 1. The Balaban J connectivity index is 1.79. The van der Waals surface area contributed by atoms with Gasteiger partial charge in [-0.05, 0) is 34.1 Å². The van der Waals surface area contributed by atoms with Crippen molar-refractivity contribution >= 4 is 29.7 Å². The van der Waals surface area contributed by atoms with E-state index >= 15 is 0 Å². The third-order valence-electron chi connectivity index (χ3n) is 6.02. The SMILES string of the molecule is CCOC(=O)N1CCN(C(=O)C(CCC(=O)OC(C)(C)C)NC(=O)c2cc(NC)nc(-c3ccccc3)n2)CC1. The van der Waals surface area contributed by atoms with Gasteiger partial charge in [0.05, 0.1) is 6.61 Å². The van der Waals surface area contributed by atoms with Crippen LogP contribution in [-0.2, 0) is 19.1 Å². The number of rotatable bonds is 9. The van der Waals surface area contributed by atoms with Gasteiger partial charge in [-0.15, -0.1) is 0 Å². The molecule has 216 valence electrons. The quantitative estimate of drug-likeness (QED) is 0.447. The summed E-state index contributed by atoms with van der Waals surface area (Å²) < 4.78 is 10.4. The van der Waals surface area contributed by atoms with Crippen LogP contribution in [0.3, 0.4) is 0 Å². The molecule has 12 nitrogen and oxygen atoms in total. The minimum Gasteiger partial charge on any atom is -0.460 e. The Morgan fingerprint density at radius 1 is 1.00 bits per heavy atom. The number of esters is 1. The Labute approximate surface area is 234 Å². The summed E-state index contributed by atoms with van der Waals surface area (Å²) in [5, 5.41) is 5.71.